The van der Waals surface area contributed by atoms with E-state index in [1.165, 1.54) is 28.2 Å². The molecule has 0 N–H and O–H groups in total. The summed E-state index contributed by atoms with van der Waals surface area (Å²) in [5, 5.41) is 0. The van der Waals surface area contributed by atoms with Crippen LogP contribution >= 0.6 is 0 Å². The molecule has 6 heteroatoms. The van der Waals surface area contributed by atoms with Gasteiger partial charge >= 0.3 is 0 Å². The zero-order chi connectivity index (χ0) is 23.7. The Morgan fingerprint density at radius 3 is 2.29 bits per heavy atom. The van der Waals surface area contributed by atoms with E-state index in [0.29, 0.717) is 42.1 Å². The molecule has 3 aromatic carbocycles. The van der Waals surface area contributed by atoms with Gasteiger partial charge in [0, 0.05) is 19.6 Å². The molecule has 172 valence electrons. The molecule has 0 fully saturated rings. The lowest BCUT2D eigenvalue weighted by atomic mass is 9.98. The first-order chi connectivity index (χ1) is 16.5. The fourth-order valence-corrected chi connectivity index (χ4v) is 4.66. The molecule has 0 radical (unpaired) electrons. The van der Waals surface area contributed by atoms with Crippen molar-refractivity contribution < 1.29 is 18.7 Å². The van der Waals surface area contributed by atoms with Crippen LogP contribution in [0, 0.1) is 5.82 Å². The highest BCUT2D eigenvalue weighted by molar-refractivity contribution is 6.35. The van der Waals surface area contributed by atoms with Crippen molar-refractivity contribution in [2.75, 3.05) is 20.2 Å². The molecule has 2 aliphatic rings. The summed E-state index contributed by atoms with van der Waals surface area (Å²) in [7, 11) is 1.59. The molecular weight excluding hydrogens is 431 g/mol. The Kier molecular flexibility index (Phi) is 5.88. The van der Waals surface area contributed by atoms with Crippen LogP contribution in [-0.2, 0) is 29.0 Å². The van der Waals surface area contributed by atoms with Gasteiger partial charge < -0.3 is 9.64 Å². The summed E-state index contributed by atoms with van der Waals surface area (Å²) in [6.07, 6.45) is 1.27. The predicted molar refractivity (Wildman–Crippen MR) is 127 cm³/mol. The summed E-state index contributed by atoms with van der Waals surface area (Å²) >= 11 is 0. The van der Waals surface area contributed by atoms with Crippen molar-refractivity contribution in [3.05, 3.63) is 107 Å². The highest BCUT2D eigenvalue weighted by Crippen LogP contribution is 2.35. The molecule has 34 heavy (non-hydrogen) atoms. The molecule has 2 amide bonds. The Bertz CT molecular complexity index is 1270. The zero-order valence-electron chi connectivity index (χ0n) is 19.0. The number of methoxy groups -OCH3 is 1. The number of hydrogen-bond acceptors (Lipinski definition) is 4. The molecule has 0 atom stereocenters. The van der Waals surface area contributed by atoms with E-state index in [-0.39, 0.29) is 24.2 Å². The van der Waals surface area contributed by atoms with Gasteiger partial charge in [0.15, 0.2) is 0 Å². The Labute approximate surface area is 198 Å². The molecule has 0 saturated carbocycles. The van der Waals surface area contributed by atoms with Crippen molar-refractivity contribution in [2.45, 2.75) is 19.4 Å². The third-order valence-electron chi connectivity index (χ3n) is 6.51. The largest absolute Gasteiger partial charge is 0.497 e. The minimum atomic E-state index is -0.312. The van der Waals surface area contributed by atoms with Crippen LogP contribution in [0.15, 0.2) is 78.5 Å². The van der Waals surface area contributed by atoms with E-state index in [1.807, 2.05) is 29.2 Å². The number of hydrogen-bond donors (Lipinski definition) is 0. The quantitative estimate of drug-likeness (QED) is 0.522. The molecule has 2 heterocycles. The van der Waals surface area contributed by atoms with Crippen molar-refractivity contribution >= 4 is 17.4 Å². The van der Waals surface area contributed by atoms with Gasteiger partial charge in [-0.25, -0.2) is 4.39 Å². The van der Waals surface area contributed by atoms with E-state index in [9.17, 15) is 14.0 Å². The molecule has 3 aromatic rings. The Hall–Kier alpha value is -3.93. The average Bonchev–Trinajstić information content (AvgIpc) is 3.12. The van der Waals surface area contributed by atoms with Crippen LogP contribution in [0.5, 0.6) is 5.75 Å². The van der Waals surface area contributed by atoms with E-state index < -0.39 is 0 Å². The number of benzene rings is 3. The van der Waals surface area contributed by atoms with Gasteiger partial charge in [0.1, 0.15) is 17.3 Å². The number of fused-ring (bicyclic) bond motifs is 1. The maximum atomic E-state index is 13.6. The average molecular weight is 457 g/mol. The van der Waals surface area contributed by atoms with Gasteiger partial charge in [-0.1, -0.05) is 48.5 Å². The minimum absolute atomic E-state index is 0.233. The highest BCUT2D eigenvalue weighted by Gasteiger charge is 2.41. The van der Waals surface area contributed by atoms with E-state index in [2.05, 4.69) is 12.1 Å². The van der Waals surface area contributed by atoms with E-state index >= 15 is 0 Å². The maximum absolute atomic E-state index is 13.6. The molecular formula is C28H25FN2O3. The van der Waals surface area contributed by atoms with Gasteiger partial charge in [-0.05, 0) is 59.4 Å². The van der Waals surface area contributed by atoms with Gasteiger partial charge in [-0.15, -0.1) is 0 Å². The first-order valence-corrected chi connectivity index (χ1v) is 11.4. The number of ether oxygens (including phenoxy) is 1. The first-order valence-electron chi connectivity index (χ1n) is 11.4. The van der Waals surface area contributed by atoms with Crippen molar-refractivity contribution in [1.82, 2.24) is 9.80 Å². The number of rotatable bonds is 6. The number of carbonyl (C=O) groups is 2. The smallest absolute Gasteiger partial charge is 0.277 e. The number of imide groups is 1. The van der Waals surface area contributed by atoms with Crippen LogP contribution in [0.25, 0.3) is 5.57 Å². The second kappa shape index (κ2) is 9.14. The van der Waals surface area contributed by atoms with Gasteiger partial charge in [0.2, 0.25) is 0 Å². The lowest BCUT2D eigenvalue weighted by Gasteiger charge is -2.31. The highest BCUT2D eigenvalue weighted by atomic mass is 19.1. The standard InChI is InChI=1S/C28H25FN2O3/c1-34-24-12-8-21(9-13-24)25-26(30-16-15-20-4-2-3-5-22(20)18-30)28(33)31(27(25)32)17-14-19-6-10-23(29)11-7-19/h2-13H,14-18H2,1H3. The molecule has 0 spiro atoms. The molecule has 2 aliphatic heterocycles. The maximum Gasteiger partial charge on any atom is 0.277 e. The van der Waals surface area contributed by atoms with Crippen molar-refractivity contribution in [3.63, 3.8) is 0 Å². The fraction of sp³-hybridized carbons (Fsp3) is 0.214. The van der Waals surface area contributed by atoms with Gasteiger partial charge in [-0.2, -0.15) is 0 Å². The summed E-state index contributed by atoms with van der Waals surface area (Å²) in [5.74, 6) is -0.209. The zero-order valence-corrected chi connectivity index (χ0v) is 19.0. The summed E-state index contributed by atoms with van der Waals surface area (Å²) < 4.78 is 18.5. The van der Waals surface area contributed by atoms with Crippen LogP contribution in [0.2, 0.25) is 0 Å². The van der Waals surface area contributed by atoms with Gasteiger partial charge in [0.25, 0.3) is 11.8 Å². The fourth-order valence-electron chi connectivity index (χ4n) is 4.66. The SMILES string of the molecule is COc1ccc(C2=C(N3CCc4ccccc4C3)C(=O)N(CCc3ccc(F)cc3)C2=O)cc1. The minimum Gasteiger partial charge on any atom is -0.497 e. The third kappa shape index (κ3) is 4.07. The Morgan fingerprint density at radius 1 is 0.882 bits per heavy atom. The Balaban J connectivity index is 1.48. The molecule has 0 unspecified atom stereocenters. The van der Waals surface area contributed by atoms with Crippen LogP contribution in [0.3, 0.4) is 0 Å². The number of amides is 2. The summed E-state index contributed by atoms with van der Waals surface area (Å²) in [6, 6.07) is 21.6. The van der Waals surface area contributed by atoms with Gasteiger partial charge in [0.05, 0.1) is 12.7 Å². The van der Waals surface area contributed by atoms with Crippen LogP contribution < -0.4 is 4.74 Å². The first kappa shape index (κ1) is 21.9. The number of nitrogens with zero attached hydrogens (tertiary/aromatic N) is 2. The predicted octanol–water partition coefficient (Wildman–Crippen LogP) is 4.22. The molecule has 0 bridgehead atoms. The van der Waals surface area contributed by atoms with E-state index in [1.54, 1.807) is 31.4 Å². The van der Waals surface area contributed by atoms with Crippen molar-refractivity contribution in [3.8, 4) is 5.75 Å². The van der Waals surface area contributed by atoms with Gasteiger partial charge in [-0.3, -0.25) is 14.5 Å². The molecule has 5 nitrogen and oxygen atoms in total. The second-order valence-corrected chi connectivity index (χ2v) is 8.53. The van der Waals surface area contributed by atoms with E-state index in [4.69, 9.17) is 4.74 Å². The summed E-state index contributed by atoms with van der Waals surface area (Å²) in [6.45, 7) is 1.48. The second-order valence-electron chi connectivity index (χ2n) is 8.53. The van der Waals surface area contributed by atoms with E-state index in [0.717, 1.165) is 12.0 Å². The molecule has 5 rings (SSSR count). The third-order valence-corrected chi connectivity index (χ3v) is 6.51. The van der Waals surface area contributed by atoms with Crippen LogP contribution in [0.1, 0.15) is 22.3 Å². The topological polar surface area (TPSA) is 49.9 Å². The van der Waals surface area contributed by atoms with Crippen molar-refractivity contribution in [1.29, 1.82) is 0 Å². The summed E-state index contributed by atoms with van der Waals surface area (Å²) in [5.41, 5.74) is 4.87. The molecule has 0 aromatic heterocycles. The Morgan fingerprint density at radius 2 is 1.59 bits per heavy atom. The van der Waals surface area contributed by atoms with Crippen LogP contribution in [0.4, 0.5) is 4.39 Å². The molecule has 0 saturated heterocycles. The summed E-state index contributed by atoms with van der Waals surface area (Å²) in [4.78, 5) is 30.6. The van der Waals surface area contributed by atoms with Crippen molar-refractivity contribution in [2.24, 2.45) is 0 Å². The monoisotopic (exact) mass is 456 g/mol. The normalized spacial score (nSPS) is 15.7. The number of carbonyl (C=O) groups excluding carboxylic acids is 2. The van der Waals surface area contributed by atoms with Crippen LogP contribution in [-0.4, -0.2) is 41.8 Å². The number of halogens is 1. The lowest BCUT2D eigenvalue weighted by Crippen LogP contribution is -2.38. The lowest BCUT2D eigenvalue weighted by molar-refractivity contribution is -0.137. The molecule has 0 aliphatic carbocycles.